The van der Waals surface area contributed by atoms with Crippen molar-refractivity contribution >= 4 is 12.4 Å². The Morgan fingerprint density at radius 1 is 1.26 bits per heavy atom. The zero-order chi connectivity index (χ0) is 19.9. The summed E-state index contributed by atoms with van der Waals surface area (Å²) in [4.78, 5) is 30.8. The SMILES string of the molecule is COc1cc(OCCNC(=O)OC(C)(C)C)cc(-c2ccnc(C=O)c2)n1. The second-order valence-electron chi connectivity index (χ2n) is 6.59. The van der Waals surface area contributed by atoms with Gasteiger partial charge in [0.1, 0.15) is 23.7 Å². The van der Waals surface area contributed by atoms with Gasteiger partial charge < -0.3 is 19.5 Å². The summed E-state index contributed by atoms with van der Waals surface area (Å²) in [6, 6.07) is 6.73. The van der Waals surface area contributed by atoms with Crippen LogP contribution in [0.3, 0.4) is 0 Å². The van der Waals surface area contributed by atoms with Gasteiger partial charge in [-0.3, -0.25) is 9.78 Å². The second kappa shape index (κ2) is 8.98. The van der Waals surface area contributed by atoms with Crippen LogP contribution in [0.5, 0.6) is 11.6 Å². The standard InChI is InChI=1S/C19H23N3O5/c1-19(2,3)27-18(24)21-7-8-26-15-10-16(22-17(11-15)25-4)13-5-6-20-14(9-13)12-23/h5-6,9-12H,7-8H2,1-4H3,(H,21,24). The summed E-state index contributed by atoms with van der Waals surface area (Å²) in [6.07, 6.45) is 1.70. The molecule has 2 rings (SSSR count). The number of ether oxygens (including phenoxy) is 3. The minimum atomic E-state index is -0.552. The van der Waals surface area contributed by atoms with Gasteiger partial charge in [-0.15, -0.1) is 0 Å². The molecule has 0 unspecified atom stereocenters. The van der Waals surface area contributed by atoms with Gasteiger partial charge in [0.2, 0.25) is 5.88 Å². The molecular weight excluding hydrogens is 350 g/mol. The Balaban J connectivity index is 2.02. The summed E-state index contributed by atoms with van der Waals surface area (Å²) in [5, 5.41) is 2.62. The van der Waals surface area contributed by atoms with Gasteiger partial charge >= 0.3 is 6.09 Å². The lowest BCUT2D eigenvalue weighted by molar-refractivity contribution is 0.0520. The number of hydrogen-bond donors (Lipinski definition) is 1. The minimum Gasteiger partial charge on any atom is -0.491 e. The van der Waals surface area contributed by atoms with Crippen molar-refractivity contribution in [3.8, 4) is 22.9 Å². The largest absolute Gasteiger partial charge is 0.491 e. The Bertz CT molecular complexity index is 802. The van der Waals surface area contributed by atoms with Crippen LogP contribution < -0.4 is 14.8 Å². The van der Waals surface area contributed by atoms with Gasteiger partial charge in [0, 0.05) is 23.9 Å². The van der Waals surface area contributed by atoms with Crippen LogP contribution in [0.25, 0.3) is 11.3 Å². The quantitative estimate of drug-likeness (QED) is 0.588. The summed E-state index contributed by atoms with van der Waals surface area (Å²) in [5.74, 6) is 0.888. The zero-order valence-electron chi connectivity index (χ0n) is 15.8. The number of methoxy groups -OCH3 is 1. The first-order valence-corrected chi connectivity index (χ1v) is 8.38. The number of nitrogens with zero attached hydrogens (tertiary/aromatic N) is 2. The molecule has 0 radical (unpaired) electrons. The average molecular weight is 373 g/mol. The van der Waals surface area contributed by atoms with E-state index in [1.54, 1.807) is 45.0 Å². The lowest BCUT2D eigenvalue weighted by atomic mass is 10.1. The van der Waals surface area contributed by atoms with Gasteiger partial charge in [0.25, 0.3) is 0 Å². The van der Waals surface area contributed by atoms with Gasteiger partial charge in [0.05, 0.1) is 19.3 Å². The van der Waals surface area contributed by atoms with Crippen molar-refractivity contribution in [1.29, 1.82) is 0 Å². The van der Waals surface area contributed by atoms with E-state index < -0.39 is 11.7 Å². The molecule has 0 atom stereocenters. The number of aldehydes is 1. The molecular formula is C19H23N3O5. The number of carbonyl (C=O) groups is 2. The number of alkyl carbamates (subject to hydrolysis) is 1. The summed E-state index contributed by atoms with van der Waals surface area (Å²) >= 11 is 0. The summed E-state index contributed by atoms with van der Waals surface area (Å²) in [6.45, 7) is 5.90. The molecule has 8 nitrogen and oxygen atoms in total. The molecule has 0 aliphatic carbocycles. The van der Waals surface area contributed by atoms with Crippen LogP contribution in [0.4, 0.5) is 4.79 Å². The molecule has 1 N–H and O–H groups in total. The number of amides is 1. The van der Waals surface area contributed by atoms with Crippen molar-refractivity contribution < 1.29 is 23.8 Å². The Hall–Kier alpha value is -3.16. The minimum absolute atomic E-state index is 0.238. The van der Waals surface area contributed by atoms with E-state index in [1.807, 2.05) is 0 Å². The average Bonchev–Trinajstić information content (AvgIpc) is 2.63. The van der Waals surface area contributed by atoms with E-state index in [9.17, 15) is 9.59 Å². The highest BCUT2D eigenvalue weighted by Gasteiger charge is 2.15. The van der Waals surface area contributed by atoms with Crippen LogP contribution in [0.15, 0.2) is 30.5 Å². The molecule has 0 aliphatic rings. The van der Waals surface area contributed by atoms with Crippen molar-refractivity contribution in [2.45, 2.75) is 26.4 Å². The zero-order valence-corrected chi connectivity index (χ0v) is 15.8. The molecule has 0 aliphatic heterocycles. The molecule has 8 heteroatoms. The van der Waals surface area contributed by atoms with Crippen LogP contribution in [0.2, 0.25) is 0 Å². The Morgan fingerprint density at radius 3 is 2.70 bits per heavy atom. The Kier molecular flexibility index (Phi) is 6.70. The first kappa shape index (κ1) is 20.2. The third kappa shape index (κ3) is 6.58. The molecule has 0 spiro atoms. The maximum atomic E-state index is 11.6. The number of hydrogen-bond acceptors (Lipinski definition) is 7. The Morgan fingerprint density at radius 2 is 2.04 bits per heavy atom. The van der Waals surface area contributed by atoms with Gasteiger partial charge in [-0.05, 0) is 32.9 Å². The fourth-order valence-corrected chi connectivity index (χ4v) is 2.13. The van der Waals surface area contributed by atoms with E-state index in [0.717, 1.165) is 0 Å². The molecule has 0 saturated heterocycles. The van der Waals surface area contributed by atoms with Crippen molar-refractivity contribution in [2.24, 2.45) is 0 Å². The first-order chi connectivity index (χ1) is 12.8. The topological polar surface area (TPSA) is 99.6 Å². The van der Waals surface area contributed by atoms with E-state index in [0.29, 0.717) is 34.9 Å². The third-order valence-electron chi connectivity index (χ3n) is 3.22. The number of nitrogens with one attached hydrogen (secondary N) is 1. The molecule has 27 heavy (non-hydrogen) atoms. The third-order valence-corrected chi connectivity index (χ3v) is 3.22. The normalized spacial score (nSPS) is 10.8. The van der Waals surface area contributed by atoms with Crippen LogP contribution >= 0.6 is 0 Å². The molecule has 144 valence electrons. The highest BCUT2D eigenvalue weighted by molar-refractivity contribution is 5.75. The highest BCUT2D eigenvalue weighted by atomic mass is 16.6. The molecule has 2 heterocycles. The Labute approximate surface area is 157 Å². The summed E-state index contributed by atoms with van der Waals surface area (Å²) in [7, 11) is 1.50. The second-order valence-corrected chi connectivity index (χ2v) is 6.59. The maximum absolute atomic E-state index is 11.6. The molecule has 0 fully saturated rings. The van der Waals surface area contributed by atoms with E-state index in [2.05, 4.69) is 15.3 Å². The van der Waals surface area contributed by atoms with Gasteiger partial charge in [0.15, 0.2) is 6.29 Å². The molecule has 0 aromatic carbocycles. The molecule has 0 saturated carbocycles. The molecule has 1 amide bonds. The fraction of sp³-hybridized carbons (Fsp3) is 0.368. The smallest absolute Gasteiger partial charge is 0.407 e. The summed E-state index contributed by atoms with van der Waals surface area (Å²) < 4.78 is 16.0. The first-order valence-electron chi connectivity index (χ1n) is 8.38. The van der Waals surface area contributed by atoms with E-state index in [-0.39, 0.29) is 13.2 Å². The predicted octanol–water partition coefficient (Wildman–Crippen LogP) is 2.87. The molecule has 2 aromatic heterocycles. The van der Waals surface area contributed by atoms with Crippen molar-refractivity contribution in [3.05, 3.63) is 36.2 Å². The fourth-order valence-electron chi connectivity index (χ4n) is 2.13. The van der Waals surface area contributed by atoms with Gasteiger partial charge in [-0.25, -0.2) is 9.78 Å². The van der Waals surface area contributed by atoms with E-state index >= 15 is 0 Å². The maximum Gasteiger partial charge on any atom is 0.407 e. The van der Waals surface area contributed by atoms with Crippen LogP contribution in [-0.2, 0) is 4.74 Å². The lowest BCUT2D eigenvalue weighted by Crippen LogP contribution is -2.34. The number of pyridine rings is 2. The number of rotatable bonds is 7. The highest BCUT2D eigenvalue weighted by Crippen LogP contribution is 2.26. The predicted molar refractivity (Wildman–Crippen MR) is 99.1 cm³/mol. The van der Waals surface area contributed by atoms with Crippen LogP contribution in [0, 0.1) is 0 Å². The lowest BCUT2D eigenvalue weighted by Gasteiger charge is -2.19. The van der Waals surface area contributed by atoms with Crippen molar-refractivity contribution in [3.63, 3.8) is 0 Å². The summed E-state index contributed by atoms with van der Waals surface area (Å²) in [5.41, 5.74) is 1.04. The van der Waals surface area contributed by atoms with E-state index in [4.69, 9.17) is 14.2 Å². The van der Waals surface area contributed by atoms with E-state index in [1.165, 1.54) is 13.3 Å². The van der Waals surface area contributed by atoms with Gasteiger partial charge in [-0.2, -0.15) is 0 Å². The van der Waals surface area contributed by atoms with Crippen LogP contribution in [-0.4, -0.2) is 48.2 Å². The number of carbonyl (C=O) groups excluding carboxylic acids is 2. The van der Waals surface area contributed by atoms with Crippen molar-refractivity contribution in [2.75, 3.05) is 20.3 Å². The van der Waals surface area contributed by atoms with Crippen LogP contribution in [0.1, 0.15) is 31.3 Å². The monoisotopic (exact) mass is 373 g/mol. The molecule has 2 aromatic rings. The van der Waals surface area contributed by atoms with Crippen molar-refractivity contribution in [1.82, 2.24) is 15.3 Å². The molecule has 0 bridgehead atoms. The van der Waals surface area contributed by atoms with Gasteiger partial charge in [-0.1, -0.05) is 0 Å². The number of aromatic nitrogens is 2.